The minimum Gasteiger partial charge on any atom is -0.381 e. The van der Waals surface area contributed by atoms with Crippen molar-refractivity contribution in [3.8, 4) is 0 Å². The summed E-state index contributed by atoms with van der Waals surface area (Å²) in [7, 11) is 0. The van der Waals surface area contributed by atoms with Crippen molar-refractivity contribution in [1.82, 2.24) is 9.97 Å². The zero-order valence-electron chi connectivity index (χ0n) is 8.64. The lowest BCUT2D eigenvalue weighted by Crippen LogP contribution is -2.00. The molecule has 0 bridgehead atoms. The molecule has 1 atom stereocenters. The third-order valence-corrected chi connectivity index (χ3v) is 3.14. The molecule has 2 aromatic rings. The lowest BCUT2D eigenvalue weighted by Gasteiger charge is -2.06. The molecule has 0 fully saturated rings. The first kappa shape index (κ1) is 10.3. The second-order valence-electron chi connectivity index (χ2n) is 3.46. The van der Waals surface area contributed by atoms with E-state index in [2.05, 4.69) is 9.97 Å². The zero-order valence-corrected chi connectivity index (χ0v) is 9.45. The van der Waals surface area contributed by atoms with Gasteiger partial charge in [0.25, 0.3) is 0 Å². The van der Waals surface area contributed by atoms with Gasteiger partial charge in [-0.1, -0.05) is 6.07 Å². The van der Waals surface area contributed by atoms with E-state index in [9.17, 15) is 5.11 Å². The first-order chi connectivity index (χ1) is 7.16. The SMILES string of the molecule is Cc1ccc(C(O)c2nc(C)cs2)cn1. The molecule has 1 N–H and O–H groups in total. The molecule has 0 spiro atoms. The summed E-state index contributed by atoms with van der Waals surface area (Å²) in [6.07, 6.45) is 1.04. The molecule has 2 heterocycles. The molecule has 0 radical (unpaired) electrons. The van der Waals surface area contributed by atoms with Gasteiger partial charge in [0.15, 0.2) is 0 Å². The van der Waals surface area contributed by atoms with Crippen LogP contribution in [0.3, 0.4) is 0 Å². The minimum atomic E-state index is -0.656. The monoisotopic (exact) mass is 220 g/mol. The molecule has 0 saturated carbocycles. The highest BCUT2D eigenvalue weighted by Gasteiger charge is 2.13. The van der Waals surface area contributed by atoms with Crippen LogP contribution in [-0.2, 0) is 0 Å². The largest absolute Gasteiger partial charge is 0.381 e. The normalized spacial score (nSPS) is 12.7. The van der Waals surface area contributed by atoms with E-state index in [1.54, 1.807) is 6.20 Å². The Morgan fingerprint density at radius 2 is 2.07 bits per heavy atom. The number of aliphatic hydroxyl groups excluding tert-OH is 1. The Morgan fingerprint density at radius 3 is 2.60 bits per heavy atom. The first-order valence-electron chi connectivity index (χ1n) is 4.69. The third-order valence-electron chi connectivity index (χ3n) is 2.12. The molecule has 78 valence electrons. The Bertz CT molecular complexity index is 450. The highest BCUT2D eigenvalue weighted by molar-refractivity contribution is 7.09. The zero-order chi connectivity index (χ0) is 10.8. The van der Waals surface area contributed by atoms with Crippen LogP contribution in [0, 0.1) is 13.8 Å². The van der Waals surface area contributed by atoms with Gasteiger partial charge in [0.1, 0.15) is 11.1 Å². The van der Waals surface area contributed by atoms with Crippen LogP contribution in [0.2, 0.25) is 0 Å². The van der Waals surface area contributed by atoms with Gasteiger partial charge in [0.05, 0.1) is 0 Å². The van der Waals surface area contributed by atoms with Crippen LogP contribution in [0.1, 0.15) is 28.1 Å². The smallest absolute Gasteiger partial charge is 0.132 e. The van der Waals surface area contributed by atoms with Gasteiger partial charge in [0, 0.05) is 28.5 Å². The lowest BCUT2D eigenvalue weighted by atomic mass is 10.1. The molecule has 3 nitrogen and oxygen atoms in total. The van der Waals surface area contributed by atoms with Crippen molar-refractivity contribution in [3.63, 3.8) is 0 Å². The highest BCUT2D eigenvalue weighted by atomic mass is 32.1. The maximum Gasteiger partial charge on any atom is 0.132 e. The molecular formula is C11H12N2OS. The van der Waals surface area contributed by atoms with E-state index in [0.29, 0.717) is 0 Å². The summed E-state index contributed by atoms with van der Waals surface area (Å²) in [5.41, 5.74) is 2.67. The van der Waals surface area contributed by atoms with E-state index in [1.165, 1.54) is 11.3 Å². The summed E-state index contributed by atoms with van der Waals surface area (Å²) in [4.78, 5) is 8.40. The van der Waals surface area contributed by atoms with Crippen molar-refractivity contribution >= 4 is 11.3 Å². The average molecular weight is 220 g/mol. The molecular weight excluding hydrogens is 208 g/mol. The Balaban J connectivity index is 2.28. The number of pyridine rings is 1. The molecule has 0 aliphatic rings. The summed E-state index contributed by atoms with van der Waals surface area (Å²) < 4.78 is 0. The first-order valence-corrected chi connectivity index (χ1v) is 5.57. The fourth-order valence-corrected chi connectivity index (χ4v) is 2.09. The Morgan fingerprint density at radius 1 is 1.27 bits per heavy atom. The Labute approximate surface area is 92.5 Å². The molecule has 0 amide bonds. The topological polar surface area (TPSA) is 46.0 Å². The second-order valence-corrected chi connectivity index (χ2v) is 4.35. The molecule has 0 aliphatic carbocycles. The lowest BCUT2D eigenvalue weighted by molar-refractivity contribution is 0.219. The predicted octanol–water partition coefficient (Wildman–Crippen LogP) is 2.24. The maximum absolute atomic E-state index is 10.0. The number of aliphatic hydroxyl groups is 1. The fourth-order valence-electron chi connectivity index (χ4n) is 1.28. The number of aryl methyl sites for hydroxylation is 2. The van der Waals surface area contributed by atoms with Crippen molar-refractivity contribution in [2.75, 3.05) is 0 Å². The summed E-state index contributed by atoms with van der Waals surface area (Å²) in [6, 6.07) is 3.77. The van der Waals surface area contributed by atoms with Crippen molar-refractivity contribution in [2.24, 2.45) is 0 Å². The molecule has 15 heavy (non-hydrogen) atoms. The van der Waals surface area contributed by atoms with Crippen LogP contribution in [0.25, 0.3) is 0 Å². The molecule has 0 aromatic carbocycles. The van der Waals surface area contributed by atoms with Crippen molar-refractivity contribution < 1.29 is 5.11 Å². The molecule has 4 heteroatoms. The minimum absolute atomic E-state index is 0.656. The van der Waals surface area contributed by atoms with Crippen LogP contribution in [-0.4, -0.2) is 15.1 Å². The van der Waals surface area contributed by atoms with E-state index < -0.39 is 6.10 Å². The number of hydrogen-bond acceptors (Lipinski definition) is 4. The number of thiazole rings is 1. The summed E-state index contributed by atoms with van der Waals surface area (Å²) in [5, 5.41) is 12.7. The van der Waals surface area contributed by atoms with Gasteiger partial charge in [-0.05, 0) is 19.9 Å². The van der Waals surface area contributed by atoms with Gasteiger partial charge in [-0.15, -0.1) is 11.3 Å². The van der Waals surface area contributed by atoms with Gasteiger partial charge >= 0.3 is 0 Å². The predicted molar refractivity (Wildman–Crippen MR) is 59.9 cm³/mol. The average Bonchev–Trinajstić information content (AvgIpc) is 2.65. The van der Waals surface area contributed by atoms with Crippen LogP contribution < -0.4 is 0 Å². The van der Waals surface area contributed by atoms with Crippen molar-refractivity contribution in [1.29, 1.82) is 0 Å². The maximum atomic E-state index is 10.0. The van der Waals surface area contributed by atoms with Crippen LogP contribution >= 0.6 is 11.3 Å². The molecule has 2 rings (SSSR count). The Hall–Kier alpha value is -1.26. The van der Waals surface area contributed by atoms with Gasteiger partial charge in [0.2, 0.25) is 0 Å². The van der Waals surface area contributed by atoms with Gasteiger partial charge in [-0.25, -0.2) is 4.98 Å². The van der Waals surface area contributed by atoms with E-state index in [-0.39, 0.29) is 0 Å². The van der Waals surface area contributed by atoms with Crippen LogP contribution in [0.5, 0.6) is 0 Å². The highest BCUT2D eigenvalue weighted by Crippen LogP contribution is 2.24. The molecule has 1 unspecified atom stereocenters. The Kier molecular flexibility index (Phi) is 2.79. The number of nitrogens with zero attached hydrogens (tertiary/aromatic N) is 2. The standard InChI is InChI=1S/C11H12N2OS/c1-7-3-4-9(5-12-7)10(14)11-13-8(2)6-15-11/h3-6,10,14H,1-2H3. The molecule has 0 aliphatic heterocycles. The summed E-state index contributed by atoms with van der Waals surface area (Å²) >= 11 is 1.47. The van der Waals surface area contributed by atoms with Gasteiger partial charge in [-0.2, -0.15) is 0 Å². The van der Waals surface area contributed by atoms with Crippen LogP contribution in [0.4, 0.5) is 0 Å². The molecule has 2 aromatic heterocycles. The third kappa shape index (κ3) is 2.22. The number of aromatic nitrogens is 2. The van der Waals surface area contributed by atoms with E-state index in [1.807, 2.05) is 31.4 Å². The van der Waals surface area contributed by atoms with E-state index in [4.69, 9.17) is 0 Å². The number of hydrogen-bond donors (Lipinski definition) is 1. The summed E-state index contributed by atoms with van der Waals surface area (Å²) in [5.74, 6) is 0. The second kappa shape index (κ2) is 4.08. The number of rotatable bonds is 2. The van der Waals surface area contributed by atoms with Crippen molar-refractivity contribution in [2.45, 2.75) is 20.0 Å². The van der Waals surface area contributed by atoms with Crippen LogP contribution in [0.15, 0.2) is 23.7 Å². The molecule has 0 saturated heterocycles. The van der Waals surface area contributed by atoms with E-state index in [0.717, 1.165) is 22.0 Å². The van der Waals surface area contributed by atoms with Gasteiger partial charge < -0.3 is 5.11 Å². The van der Waals surface area contributed by atoms with Crippen molar-refractivity contribution in [3.05, 3.63) is 45.7 Å². The van der Waals surface area contributed by atoms with E-state index >= 15 is 0 Å². The fraction of sp³-hybridized carbons (Fsp3) is 0.273. The quantitative estimate of drug-likeness (QED) is 0.844. The van der Waals surface area contributed by atoms with Gasteiger partial charge in [-0.3, -0.25) is 4.98 Å². The summed E-state index contributed by atoms with van der Waals surface area (Å²) in [6.45, 7) is 3.84.